The van der Waals surface area contributed by atoms with Crippen LogP contribution in [0.2, 0.25) is 0 Å². The molecule has 2 aromatic rings. The van der Waals surface area contributed by atoms with E-state index in [1.54, 1.807) is 48.5 Å². The summed E-state index contributed by atoms with van der Waals surface area (Å²) in [6.45, 7) is -0.860. The molecule has 2 aromatic carbocycles. The van der Waals surface area contributed by atoms with Crippen LogP contribution in [-0.2, 0) is 14.3 Å². The van der Waals surface area contributed by atoms with Gasteiger partial charge in [-0.3, -0.25) is 9.59 Å². The van der Waals surface area contributed by atoms with Gasteiger partial charge in [0.2, 0.25) is 0 Å². The number of anilines is 1. The van der Waals surface area contributed by atoms with Gasteiger partial charge in [-0.2, -0.15) is 0 Å². The molecule has 0 spiro atoms. The maximum absolute atomic E-state index is 12.3. The van der Waals surface area contributed by atoms with Gasteiger partial charge in [0.1, 0.15) is 0 Å². The Morgan fingerprint density at radius 1 is 0.966 bits per heavy atom. The molecule has 0 aromatic heterocycles. The topological polar surface area (TPSA) is 103 Å². The van der Waals surface area contributed by atoms with Crippen molar-refractivity contribution in [1.29, 1.82) is 0 Å². The predicted octanol–water partition coefficient (Wildman–Crippen LogP) is 2.15. The molecule has 0 saturated heterocycles. The van der Waals surface area contributed by atoms with E-state index in [9.17, 15) is 14.4 Å². The van der Waals surface area contributed by atoms with Crippen molar-refractivity contribution >= 4 is 23.5 Å². The van der Waals surface area contributed by atoms with Crippen molar-refractivity contribution in [2.75, 3.05) is 25.6 Å². The summed E-state index contributed by atoms with van der Waals surface area (Å²) in [5.41, 5.74) is 0.718. The Hall–Kier alpha value is -3.55. The average Bonchev–Trinajstić information content (AvgIpc) is 3.55. The highest BCUT2D eigenvalue weighted by Gasteiger charge is 2.25. The number of hydrogen-bond acceptors (Lipinski definition) is 6. The normalized spacial score (nSPS) is 12.6. The molecule has 1 fully saturated rings. The highest BCUT2D eigenvalue weighted by Crippen LogP contribution is 2.25. The molecule has 1 saturated carbocycles. The molecule has 0 heterocycles. The van der Waals surface area contributed by atoms with Crippen LogP contribution in [0.15, 0.2) is 48.5 Å². The Balaban J connectivity index is 1.47. The second-order valence-corrected chi connectivity index (χ2v) is 6.44. The number of para-hydroxylation sites is 3. The third-order valence-electron chi connectivity index (χ3n) is 4.14. The van der Waals surface area contributed by atoms with E-state index >= 15 is 0 Å². The third kappa shape index (κ3) is 5.97. The summed E-state index contributed by atoms with van der Waals surface area (Å²) < 4.78 is 15.4. The first-order chi connectivity index (χ1) is 14.1. The van der Waals surface area contributed by atoms with Gasteiger partial charge in [0.25, 0.3) is 11.8 Å². The zero-order valence-electron chi connectivity index (χ0n) is 16.0. The number of carbonyl (C=O) groups is 3. The molecule has 2 amide bonds. The van der Waals surface area contributed by atoms with Crippen LogP contribution in [0, 0.1) is 0 Å². The van der Waals surface area contributed by atoms with E-state index in [1.807, 2.05) is 0 Å². The Morgan fingerprint density at radius 3 is 2.38 bits per heavy atom. The molecule has 2 N–H and O–H groups in total. The van der Waals surface area contributed by atoms with Gasteiger partial charge < -0.3 is 24.8 Å². The zero-order chi connectivity index (χ0) is 20.6. The molecular formula is C21H22N2O6. The fourth-order valence-corrected chi connectivity index (χ4v) is 2.53. The molecule has 3 rings (SSSR count). The maximum atomic E-state index is 12.3. The lowest BCUT2D eigenvalue weighted by molar-refractivity contribution is -0.149. The number of carbonyl (C=O) groups excluding carboxylic acids is 3. The van der Waals surface area contributed by atoms with Crippen LogP contribution in [0.3, 0.4) is 0 Å². The fourth-order valence-electron chi connectivity index (χ4n) is 2.53. The van der Waals surface area contributed by atoms with Crippen LogP contribution in [0.1, 0.15) is 23.2 Å². The highest BCUT2D eigenvalue weighted by atomic mass is 16.6. The summed E-state index contributed by atoms with van der Waals surface area (Å²) in [5, 5.41) is 5.47. The van der Waals surface area contributed by atoms with Gasteiger partial charge in [0.15, 0.2) is 24.7 Å². The largest absolute Gasteiger partial charge is 0.493 e. The van der Waals surface area contributed by atoms with Crippen molar-refractivity contribution in [3.63, 3.8) is 0 Å². The first-order valence-electron chi connectivity index (χ1n) is 9.18. The molecule has 1 aliphatic carbocycles. The zero-order valence-corrected chi connectivity index (χ0v) is 16.0. The average molecular weight is 398 g/mol. The molecule has 152 valence electrons. The second-order valence-electron chi connectivity index (χ2n) is 6.44. The first kappa shape index (κ1) is 20.2. The summed E-state index contributed by atoms with van der Waals surface area (Å²) >= 11 is 0. The minimum Gasteiger partial charge on any atom is -0.493 e. The maximum Gasteiger partial charge on any atom is 0.344 e. The van der Waals surface area contributed by atoms with Crippen LogP contribution in [0.4, 0.5) is 5.69 Å². The second kappa shape index (κ2) is 9.59. The van der Waals surface area contributed by atoms with Gasteiger partial charge in [0.05, 0.1) is 18.4 Å². The lowest BCUT2D eigenvalue weighted by Crippen LogP contribution is -2.28. The van der Waals surface area contributed by atoms with Crippen LogP contribution in [-0.4, -0.2) is 44.1 Å². The minimum atomic E-state index is -0.703. The summed E-state index contributed by atoms with van der Waals surface area (Å²) in [4.78, 5) is 36.2. The lowest BCUT2D eigenvalue weighted by atomic mass is 10.1. The van der Waals surface area contributed by atoms with E-state index in [4.69, 9.17) is 14.2 Å². The van der Waals surface area contributed by atoms with Gasteiger partial charge in [-0.1, -0.05) is 24.3 Å². The smallest absolute Gasteiger partial charge is 0.344 e. The fraction of sp³-hybridized carbons (Fsp3) is 0.286. The molecule has 29 heavy (non-hydrogen) atoms. The van der Waals surface area contributed by atoms with Gasteiger partial charge in [-0.05, 0) is 37.1 Å². The Labute approximate surface area is 168 Å². The van der Waals surface area contributed by atoms with Crippen LogP contribution in [0.5, 0.6) is 11.5 Å². The number of methoxy groups -OCH3 is 1. The van der Waals surface area contributed by atoms with Crippen molar-refractivity contribution in [3.8, 4) is 11.5 Å². The SMILES string of the molecule is COc1ccccc1OCC(=O)OCC(=O)Nc1ccccc1C(=O)NC1CC1. The molecular weight excluding hydrogens is 376 g/mol. The van der Waals surface area contributed by atoms with E-state index in [0.717, 1.165) is 12.8 Å². The van der Waals surface area contributed by atoms with E-state index in [1.165, 1.54) is 7.11 Å². The van der Waals surface area contributed by atoms with Gasteiger partial charge >= 0.3 is 5.97 Å². The molecule has 8 heteroatoms. The number of nitrogens with one attached hydrogen (secondary N) is 2. The predicted molar refractivity (Wildman–Crippen MR) is 105 cm³/mol. The number of ether oxygens (including phenoxy) is 3. The minimum absolute atomic E-state index is 0.204. The van der Waals surface area contributed by atoms with E-state index in [2.05, 4.69) is 10.6 Å². The molecule has 0 atom stereocenters. The van der Waals surface area contributed by atoms with E-state index < -0.39 is 18.5 Å². The number of esters is 1. The van der Waals surface area contributed by atoms with E-state index in [-0.39, 0.29) is 18.6 Å². The van der Waals surface area contributed by atoms with E-state index in [0.29, 0.717) is 22.7 Å². The third-order valence-corrected chi connectivity index (χ3v) is 4.14. The van der Waals surface area contributed by atoms with Crippen LogP contribution >= 0.6 is 0 Å². The van der Waals surface area contributed by atoms with Gasteiger partial charge in [-0.15, -0.1) is 0 Å². The van der Waals surface area contributed by atoms with Crippen LogP contribution in [0.25, 0.3) is 0 Å². The number of hydrogen-bond donors (Lipinski definition) is 2. The summed E-state index contributed by atoms with van der Waals surface area (Å²) in [5.74, 6) is -0.620. The quantitative estimate of drug-likeness (QED) is 0.628. The van der Waals surface area contributed by atoms with Crippen LogP contribution < -0.4 is 20.1 Å². The first-order valence-corrected chi connectivity index (χ1v) is 9.18. The molecule has 0 bridgehead atoms. The molecule has 8 nitrogen and oxygen atoms in total. The van der Waals surface area contributed by atoms with Crippen molar-refractivity contribution in [2.24, 2.45) is 0 Å². The lowest BCUT2D eigenvalue weighted by Gasteiger charge is -2.12. The highest BCUT2D eigenvalue weighted by molar-refractivity contribution is 6.04. The number of rotatable bonds is 9. The molecule has 0 radical (unpaired) electrons. The summed E-state index contributed by atoms with van der Waals surface area (Å²) in [6, 6.07) is 13.7. The van der Waals surface area contributed by atoms with Crippen molar-refractivity contribution in [2.45, 2.75) is 18.9 Å². The molecule has 0 unspecified atom stereocenters. The van der Waals surface area contributed by atoms with Crippen molar-refractivity contribution < 1.29 is 28.6 Å². The molecule has 1 aliphatic rings. The summed E-state index contributed by atoms with van der Waals surface area (Å²) in [7, 11) is 1.49. The standard InChI is InChI=1S/C21H22N2O6/c1-27-17-8-4-5-9-18(17)28-13-20(25)29-12-19(24)23-16-7-3-2-6-15(16)21(26)22-14-10-11-14/h2-9,14H,10-13H2,1H3,(H,22,26)(H,23,24). The Morgan fingerprint density at radius 2 is 1.66 bits per heavy atom. The molecule has 0 aliphatic heterocycles. The number of benzene rings is 2. The number of amides is 2. The van der Waals surface area contributed by atoms with Crippen molar-refractivity contribution in [1.82, 2.24) is 5.32 Å². The summed E-state index contributed by atoms with van der Waals surface area (Å²) in [6.07, 6.45) is 1.93. The Bertz CT molecular complexity index is 894. The van der Waals surface area contributed by atoms with Crippen molar-refractivity contribution in [3.05, 3.63) is 54.1 Å². The Kier molecular flexibility index (Phi) is 6.67. The van der Waals surface area contributed by atoms with Gasteiger partial charge in [0, 0.05) is 6.04 Å². The van der Waals surface area contributed by atoms with Gasteiger partial charge in [-0.25, -0.2) is 4.79 Å². The monoisotopic (exact) mass is 398 g/mol.